The van der Waals surface area contributed by atoms with Gasteiger partial charge in [-0.1, -0.05) is 26.0 Å². The summed E-state index contributed by atoms with van der Waals surface area (Å²) in [7, 11) is 0. The Labute approximate surface area is 158 Å². The van der Waals surface area contributed by atoms with Gasteiger partial charge in [0, 0.05) is 29.3 Å². The number of nitrogens with zero attached hydrogens (tertiary/aromatic N) is 1. The molecule has 0 saturated carbocycles. The van der Waals surface area contributed by atoms with Crippen LogP contribution in [0.15, 0.2) is 39.7 Å². The Kier molecular flexibility index (Phi) is 4.21. The Morgan fingerprint density at radius 1 is 1.36 bits per heavy atom. The summed E-state index contributed by atoms with van der Waals surface area (Å²) in [5, 5.41) is 9.94. The summed E-state index contributed by atoms with van der Waals surface area (Å²) in [5.74, 6) is -0.891. The zero-order valence-corrected chi connectivity index (χ0v) is 15.1. The zero-order valence-electron chi connectivity index (χ0n) is 15.1. The first-order valence-electron chi connectivity index (χ1n) is 8.77. The summed E-state index contributed by atoms with van der Waals surface area (Å²) in [6.07, 6.45) is 1.84. The normalized spacial score (nSPS) is 15.7. The van der Waals surface area contributed by atoms with Crippen molar-refractivity contribution in [2.45, 2.75) is 32.9 Å². The monoisotopic (exact) mass is 389 g/mol. The second-order valence-electron chi connectivity index (χ2n) is 7.09. The van der Waals surface area contributed by atoms with Gasteiger partial charge in [-0.05, 0) is 18.4 Å². The molecule has 1 N–H and O–H groups in total. The number of fused-ring (bicyclic) bond motifs is 5. The van der Waals surface area contributed by atoms with Gasteiger partial charge in [-0.2, -0.15) is 8.78 Å². The molecular formula is C20H17F2NO5. The molecule has 146 valence electrons. The largest absolute Gasteiger partial charge is 0.477 e. The highest BCUT2D eigenvalue weighted by molar-refractivity contribution is 5.92. The van der Waals surface area contributed by atoms with E-state index in [0.29, 0.717) is 23.3 Å². The maximum absolute atomic E-state index is 12.7. The van der Waals surface area contributed by atoms with Gasteiger partial charge in [0.2, 0.25) is 0 Å². The van der Waals surface area contributed by atoms with Crippen molar-refractivity contribution in [3.8, 4) is 17.2 Å². The van der Waals surface area contributed by atoms with Gasteiger partial charge in [-0.15, -0.1) is 0 Å². The smallest absolute Gasteiger partial charge is 0.387 e. The van der Waals surface area contributed by atoms with Crippen LogP contribution in [-0.4, -0.2) is 22.3 Å². The number of benzene rings is 1. The van der Waals surface area contributed by atoms with Crippen molar-refractivity contribution in [2.75, 3.05) is 0 Å². The van der Waals surface area contributed by atoms with Gasteiger partial charge in [0.05, 0.1) is 5.69 Å². The van der Waals surface area contributed by atoms with Gasteiger partial charge in [0.15, 0.2) is 22.5 Å². The molecule has 0 saturated heterocycles. The lowest BCUT2D eigenvalue weighted by atomic mass is 9.89. The highest BCUT2D eigenvalue weighted by Gasteiger charge is 2.32. The molecule has 0 spiro atoms. The maximum atomic E-state index is 12.7. The van der Waals surface area contributed by atoms with E-state index in [0.717, 1.165) is 5.56 Å². The molecule has 0 bridgehead atoms. The molecule has 0 amide bonds. The van der Waals surface area contributed by atoms with Gasteiger partial charge < -0.3 is 18.8 Å². The number of alkyl halides is 2. The minimum atomic E-state index is -3.00. The van der Waals surface area contributed by atoms with Crippen molar-refractivity contribution in [3.05, 3.63) is 51.8 Å². The molecule has 28 heavy (non-hydrogen) atoms. The van der Waals surface area contributed by atoms with E-state index < -0.39 is 18.0 Å². The minimum Gasteiger partial charge on any atom is -0.477 e. The van der Waals surface area contributed by atoms with E-state index in [-0.39, 0.29) is 28.9 Å². The lowest BCUT2D eigenvalue weighted by Gasteiger charge is -2.31. The summed E-state index contributed by atoms with van der Waals surface area (Å²) in [5.41, 5.74) is 0.429. The summed E-state index contributed by atoms with van der Waals surface area (Å²) < 4.78 is 37.7. The average molecular weight is 389 g/mol. The van der Waals surface area contributed by atoms with Gasteiger partial charge >= 0.3 is 12.6 Å². The molecule has 1 aromatic carbocycles. The number of halogens is 2. The van der Waals surface area contributed by atoms with Crippen LogP contribution < -0.4 is 10.2 Å². The Bertz CT molecular complexity index is 1150. The van der Waals surface area contributed by atoms with Gasteiger partial charge in [0.25, 0.3) is 0 Å². The number of furan rings is 1. The van der Waals surface area contributed by atoms with Crippen molar-refractivity contribution in [2.24, 2.45) is 5.92 Å². The summed E-state index contributed by atoms with van der Waals surface area (Å²) in [6, 6.07) is 5.86. The number of ether oxygens (including phenoxy) is 1. The van der Waals surface area contributed by atoms with Gasteiger partial charge in [-0.3, -0.25) is 4.79 Å². The summed E-state index contributed by atoms with van der Waals surface area (Å²) in [6.45, 7) is 0.987. The molecule has 0 fully saturated rings. The molecule has 1 aliphatic heterocycles. The fourth-order valence-corrected chi connectivity index (χ4v) is 3.77. The number of aromatic carboxylic acids is 1. The number of carbonyl (C=O) groups is 1. The van der Waals surface area contributed by atoms with Crippen molar-refractivity contribution < 1.29 is 27.8 Å². The Hall–Kier alpha value is -3.16. The molecular weight excluding hydrogens is 372 g/mol. The zero-order chi connectivity index (χ0) is 20.2. The fourth-order valence-electron chi connectivity index (χ4n) is 3.77. The quantitative estimate of drug-likeness (QED) is 0.719. The average Bonchev–Trinajstić information content (AvgIpc) is 2.99. The third-order valence-electron chi connectivity index (χ3n) is 5.08. The first-order valence-corrected chi connectivity index (χ1v) is 8.77. The molecule has 1 atom stereocenters. The highest BCUT2D eigenvalue weighted by Crippen LogP contribution is 2.44. The number of aromatic nitrogens is 1. The molecule has 0 aliphatic carbocycles. The van der Waals surface area contributed by atoms with E-state index >= 15 is 0 Å². The van der Waals surface area contributed by atoms with Gasteiger partial charge in [-0.25, -0.2) is 4.79 Å². The molecule has 8 heteroatoms. The molecule has 2 aromatic heterocycles. The number of carboxylic acid groups (broad SMARTS) is 1. The molecule has 0 unspecified atom stereocenters. The first kappa shape index (κ1) is 18.2. The predicted octanol–water partition coefficient (Wildman–Crippen LogP) is 4.31. The second kappa shape index (κ2) is 6.47. The van der Waals surface area contributed by atoms with Crippen LogP contribution in [0.2, 0.25) is 0 Å². The lowest BCUT2D eigenvalue weighted by molar-refractivity contribution is -0.0493. The highest BCUT2D eigenvalue weighted by atomic mass is 19.3. The lowest BCUT2D eigenvalue weighted by Crippen LogP contribution is -2.27. The van der Waals surface area contributed by atoms with Crippen LogP contribution in [-0.2, 0) is 6.42 Å². The number of carboxylic acids is 1. The fraction of sp³-hybridized carbons (Fsp3) is 0.300. The number of hydrogen-bond acceptors (Lipinski definition) is 4. The number of rotatable bonds is 4. The van der Waals surface area contributed by atoms with Crippen LogP contribution in [0.4, 0.5) is 8.78 Å². The van der Waals surface area contributed by atoms with E-state index in [4.69, 9.17) is 4.42 Å². The molecule has 3 heterocycles. The number of para-hydroxylation sites is 1. The van der Waals surface area contributed by atoms with Crippen molar-refractivity contribution in [1.82, 2.24) is 4.57 Å². The van der Waals surface area contributed by atoms with Crippen LogP contribution in [0, 0.1) is 5.92 Å². The van der Waals surface area contributed by atoms with Crippen molar-refractivity contribution in [3.63, 3.8) is 0 Å². The van der Waals surface area contributed by atoms with Crippen LogP contribution in [0.25, 0.3) is 22.4 Å². The van der Waals surface area contributed by atoms with Gasteiger partial charge in [0.1, 0.15) is 5.56 Å². The third-order valence-corrected chi connectivity index (χ3v) is 5.08. The first-order chi connectivity index (χ1) is 13.3. The Morgan fingerprint density at radius 2 is 2.11 bits per heavy atom. The standard InChI is InChI=1S/C20H17F2NO5/c1-9(2)13-6-11-10-4-3-5-16(27-20(21)22)18(10)28-17(11)14-7-15(24)12(19(25)26)8-23(13)14/h3-5,7-9,13,20H,6H2,1-2H3,(H,25,26)/t13-/m0/s1. The Balaban J connectivity index is 2.01. The third kappa shape index (κ3) is 2.76. The molecule has 1 aliphatic rings. The molecule has 3 aromatic rings. The summed E-state index contributed by atoms with van der Waals surface area (Å²) in [4.78, 5) is 23.7. The van der Waals surface area contributed by atoms with E-state index in [2.05, 4.69) is 4.74 Å². The minimum absolute atomic E-state index is 0.0842. The van der Waals surface area contributed by atoms with E-state index in [1.807, 2.05) is 13.8 Å². The Morgan fingerprint density at radius 3 is 2.75 bits per heavy atom. The van der Waals surface area contributed by atoms with E-state index in [9.17, 15) is 23.5 Å². The van der Waals surface area contributed by atoms with Crippen LogP contribution in [0.5, 0.6) is 5.75 Å². The van der Waals surface area contributed by atoms with Crippen LogP contribution in [0.3, 0.4) is 0 Å². The van der Waals surface area contributed by atoms with Crippen molar-refractivity contribution >= 4 is 16.9 Å². The number of pyridine rings is 1. The van der Waals surface area contributed by atoms with E-state index in [1.165, 1.54) is 18.3 Å². The number of hydrogen-bond donors (Lipinski definition) is 1. The van der Waals surface area contributed by atoms with Crippen LogP contribution in [0.1, 0.15) is 35.8 Å². The maximum Gasteiger partial charge on any atom is 0.387 e. The predicted molar refractivity (Wildman–Crippen MR) is 97.1 cm³/mol. The van der Waals surface area contributed by atoms with Crippen molar-refractivity contribution in [1.29, 1.82) is 0 Å². The second-order valence-corrected chi connectivity index (χ2v) is 7.09. The topological polar surface area (TPSA) is 81.7 Å². The molecule has 4 rings (SSSR count). The molecule has 0 radical (unpaired) electrons. The van der Waals surface area contributed by atoms with Crippen LogP contribution >= 0.6 is 0 Å². The van der Waals surface area contributed by atoms with E-state index in [1.54, 1.807) is 16.7 Å². The SMILES string of the molecule is CC(C)[C@@H]1Cc2c(oc3c(OC(F)F)cccc23)-c2cc(=O)c(C(=O)O)cn21. The summed E-state index contributed by atoms with van der Waals surface area (Å²) >= 11 is 0. The molecule has 6 nitrogen and oxygen atoms in total.